The number of halogens is 1. The molecule has 0 saturated heterocycles. The number of thioether (sulfide) groups is 1. The van der Waals surface area contributed by atoms with Crippen molar-refractivity contribution in [2.75, 3.05) is 18.7 Å². The Kier molecular flexibility index (Phi) is 5.74. The predicted octanol–water partition coefficient (Wildman–Crippen LogP) is 5.11. The molecule has 0 aliphatic carbocycles. The summed E-state index contributed by atoms with van der Waals surface area (Å²) in [6, 6.07) is 18.3. The number of rotatable bonds is 4. The Morgan fingerprint density at radius 3 is 2.79 bits per heavy atom. The molecule has 0 saturated carbocycles. The van der Waals surface area contributed by atoms with Crippen LogP contribution in [0.1, 0.15) is 21.5 Å². The highest BCUT2D eigenvalue weighted by molar-refractivity contribution is 8.04. The van der Waals surface area contributed by atoms with E-state index in [1.165, 1.54) is 11.8 Å². The molecule has 8 heteroatoms. The molecule has 1 N–H and O–H groups in total. The van der Waals surface area contributed by atoms with E-state index in [9.17, 15) is 9.59 Å². The molecule has 2 aliphatic heterocycles. The van der Waals surface area contributed by atoms with E-state index in [-0.39, 0.29) is 18.6 Å². The Morgan fingerprint density at radius 1 is 1.12 bits per heavy atom. The van der Waals surface area contributed by atoms with E-state index in [1.54, 1.807) is 36.2 Å². The van der Waals surface area contributed by atoms with Crippen LogP contribution in [0.2, 0.25) is 5.02 Å². The van der Waals surface area contributed by atoms with Crippen LogP contribution in [0, 0.1) is 0 Å². The highest BCUT2D eigenvalue weighted by Crippen LogP contribution is 2.42. The fourth-order valence-corrected chi connectivity index (χ4v) is 4.88. The van der Waals surface area contributed by atoms with Crippen molar-refractivity contribution in [3.63, 3.8) is 0 Å². The summed E-state index contributed by atoms with van der Waals surface area (Å²) in [5, 5.41) is 3.50. The first-order valence-corrected chi connectivity index (χ1v) is 11.4. The second kappa shape index (κ2) is 8.84. The summed E-state index contributed by atoms with van der Waals surface area (Å²) in [4.78, 5) is 28.7. The zero-order chi connectivity index (χ0) is 22.9. The average Bonchev–Trinajstić information content (AvgIpc) is 3.30. The zero-order valence-electron chi connectivity index (χ0n) is 17.6. The second-order valence-electron chi connectivity index (χ2n) is 7.55. The van der Waals surface area contributed by atoms with Crippen LogP contribution in [-0.4, -0.2) is 25.7 Å². The van der Waals surface area contributed by atoms with Crippen molar-refractivity contribution in [2.45, 2.75) is 11.4 Å². The Balaban J connectivity index is 1.33. The number of amides is 2. The van der Waals surface area contributed by atoms with E-state index in [2.05, 4.69) is 5.32 Å². The summed E-state index contributed by atoms with van der Waals surface area (Å²) >= 11 is 7.62. The zero-order valence-corrected chi connectivity index (χ0v) is 19.2. The number of nitrogens with one attached hydrogen (secondary N) is 1. The summed E-state index contributed by atoms with van der Waals surface area (Å²) < 4.78 is 10.7. The van der Waals surface area contributed by atoms with Crippen molar-refractivity contribution >= 4 is 46.9 Å². The minimum absolute atomic E-state index is 0.148. The van der Waals surface area contributed by atoms with Crippen LogP contribution in [0.15, 0.2) is 70.5 Å². The van der Waals surface area contributed by atoms with Gasteiger partial charge in [-0.2, -0.15) is 0 Å². The first-order chi connectivity index (χ1) is 16.0. The number of fused-ring (bicyclic) bond motifs is 2. The fraction of sp³-hybridized carbons (Fsp3) is 0.120. The topological polar surface area (TPSA) is 67.9 Å². The smallest absolute Gasteiger partial charge is 0.264 e. The molecule has 3 aromatic rings. The molecular weight excluding hydrogens is 460 g/mol. The van der Waals surface area contributed by atoms with E-state index in [1.807, 2.05) is 42.5 Å². The first-order valence-electron chi connectivity index (χ1n) is 10.2. The monoisotopic (exact) mass is 478 g/mol. The van der Waals surface area contributed by atoms with Gasteiger partial charge in [-0.05, 0) is 53.6 Å². The number of hydrogen-bond acceptors (Lipinski definition) is 5. The normalized spacial score (nSPS) is 15.5. The van der Waals surface area contributed by atoms with Crippen LogP contribution in [0.25, 0.3) is 6.08 Å². The van der Waals surface area contributed by atoms with Gasteiger partial charge in [0, 0.05) is 29.1 Å². The lowest BCUT2D eigenvalue weighted by Crippen LogP contribution is -2.31. The molecule has 6 nitrogen and oxygen atoms in total. The fourth-order valence-electron chi connectivity index (χ4n) is 3.60. The molecule has 3 aromatic carbocycles. The molecule has 0 fully saturated rings. The van der Waals surface area contributed by atoms with Crippen LogP contribution in [0.5, 0.6) is 11.5 Å². The lowest BCUT2D eigenvalue weighted by Gasteiger charge is -2.27. The third-order valence-corrected chi connectivity index (χ3v) is 6.82. The number of likely N-dealkylation sites (N-methyl/N-ethyl adjacent to an activating group) is 1. The van der Waals surface area contributed by atoms with Gasteiger partial charge in [-0.25, -0.2) is 0 Å². The van der Waals surface area contributed by atoms with Gasteiger partial charge >= 0.3 is 0 Å². The molecule has 0 unspecified atom stereocenters. The summed E-state index contributed by atoms with van der Waals surface area (Å²) in [6.45, 7) is 0.556. The highest BCUT2D eigenvalue weighted by Gasteiger charge is 2.27. The minimum atomic E-state index is -0.223. The van der Waals surface area contributed by atoms with Crippen LogP contribution in [-0.2, 0) is 11.3 Å². The molecule has 0 aromatic heterocycles. The molecule has 0 bridgehead atoms. The molecule has 2 heterocycles. The molecule has 166 valence electrons. The average molecular weight is 479 g/mol. The van der Waals surface area contributed by atoms with E-state index in [4.69, 9.17) is 21.1 Å². The standard InChI is InChI=1S/C25H19ClN2O4S/c1-28-19-11-17(24(29)27-13-15-6-8-20-21(10-15)32-14-31-20)7-9-22(19)33-23(25(28)30)12-16-4-2-3-5-18(16)26/h2-12H,13-14H2,1H3,(H,27,29). The first kappa shape index (κ1) is 21.4. The van der Waals surface area contributed by atoms with Gasteiger partial charge in [0.25, 0.3) is 11.8 Å². The number of benzene rings is 3. The van der Waals surface area contributed by atoms with Crippen molar-refractivity contribution in [2.24, 2.45) is 0 Å². The van der Waals surface area contributed by atoms with Gasteiger partial charge in [-0.15, -0.1) is 0 Å². The maximum Gasteiger partial charge on any atom is 0.264 e. The number of hydrogen-bond donors (Lipinski definition) is 1. The van der Waals surface area contributed by atoms with E-state index in [0.29, 0.717) is 39.2 Å². The van der Waals surface area contributed by atoms with Gasteiger partial charge in [-0.1, -0.05) is 47.6 Å². The maximum atomic E-state index is 13.0. The van der Waals surface area contributed by atoms with Gasteiger partial charge in [0.2, 0.25) is 6.79 Å². The van der Waals surface area contributed by atoms with Crippen LogP contribution < -0.4 is 19.7 Å². The van der Waals surface area contributed by atoms with Crippen molar-refractivity contribution in [3.05, 3.63) is 87.3 Å². The Hall–Kier alpha value is -3.42. The molecular formula is C25H19ClN2O4S. The molecule has 0 radical (unpaired) electrons. The highest BCUT2D eigenvalue weighted by atomic mass is 35.5. The van der Waals surface area contributed by atoms with Gasteiger partial charge < -0.3 is 19.7 Å². The molecule has 0 spiro atoms. The Morgan fingerprint density at radius 2 is 1.94 bits per heavy atom. The van der Waals surface area contributed by atoms with Crippen LogP contribution >= 0.6 is 23.4 Å². The SMILES string of the molecule is CN1C(=O)C(=Cc2ccccc2Cl)Sc2ccc(C(=O)NCc3ccc4c(c3)OCO4)cc21. The molecule has 2 aliphatic rings. The number of anilines is 1. The Bertz CT molecular complexity index is 1310. The number of carbonyl (C=O) groups is 2. The summed E-state index contributed by atoms with van der Waals surface area (Å²) in [5.41, 5.74) is 2.86. The largest absolute Gasteiger partial charge is 0.454 e. The summed E-state index contributed by atoms with van der Waals surface area (Å²) in [6.07, 6.45) is 1.79. The van der Waals surface area contributed by atoms with Crippen molar-refractivity contribution in [3.8, 4) is 11.5 Å². The van der Waals surface area contributed by atoms with Crippen LogP contribution in [0.4, 0.5) is 5.69 Å². The Labute approximate surface area is 200 Å². The summed E-state index contributed by atoms with van der Waals surface area (Å²) in [7, 11) is 1.70. The van der Waals surface area contributed by atoms with Gasteiger partial charge in [0.05, 0.1) is 10.6 Å². The van der Waals surface area contributed by atoms with Gasteiger partial charge in [0.15, 0.2) is 11.5 Å². The number of nitrogens with zero attached hydrogens (tertiary/aromatic N) is 1. The second-order valence-corrected chi connectivity index (χ2v) is 9.04. The van der Waals surface area contributed by atoms with E-state index >= 15 is 0 Å². The quantitative estimate of drug-likeness (QED) is 0.528. The molecule has 2 amide bonds. The summed E-state index contributed by atoms with van der Waals surface area (Å²) in [5.74, 6) is 1.00. The third-order valence-electron chi connectivity index (χ3n) is 5.40. The number of ether oxygens (including phenoxy) is 2. The van der Waals surface area contributed by atoms with Gasteiger partial charge in [-0.3, -0.25) is 9.59 Å². The molecule has 33 heavy (non-hydrogen) atoms. The van der Waals surface area contributed by atoms with Crippen LogP contribution in [0.3, 0.4) is 0 Å². The lowest BCUT2D eigenvalue weighted by atomic mass is 10.1. The van der Waals surface area contributed by atoms with Crippen molar-refractivity contribution < 1.29 is 19.1 Å². The lowest BCUT2D eigenvalue weighted by molar-refractivity contribution is -0.114. The van der Waals surface area contributed by atoms with E-state index < -0.39 is 0 Å². The molecule has 0 atom stereocenters. The van der Waals surface area contributed by atoms with E-state index in [0.717, 1.165) is 16.0 Å². The predicted molar refractivity (Wildman–Crippen MR) is 129 cm³/mol. The molecule has 5 rings (SSSR count). The third kappa shape index (κ3) is 4.29. The van der Waals surface area contributed by atoms with Crippen molar-refractivity contribution in [1.82, 2.24) is 5.32 Å². The minimum Gasteiger partial charge on any atom is -0.454 e. The van der Waals surface area contributed by atoms with Crippen molar-refractivity contribution in [1.29, 1.82) is 0 Å². The maximum absolute atomic E-state index is 13.0. The van der Waals surface area contributed by atoms with Gasteiger partial charge in [0.1, 0.15) is 0 Å². The number of carbonyl (C=O) groups excluding carboxylic acids is 2.